The molecule has 3 rings (SSSR count). The Labute approximate surface area is 97.4 Å². The van der Waals surface area contributed by atoms with E-state index in [1.165, 1.54) is 38.9 Å². The summed E-state index contributed by atoms with van der Waals surface area (Å²) in [6, 6.07) is 2.22. The molecule has 88 valence electrons. The smallest absolute Gasteiger partial charge is 0.0624 e. The van der Waals surface area contributed by atoms with E-state index in [1.807, 2.05) is 0 Å². The van der Waals surface area contributed by atoms with Crippen molar-refractivity contribution in [1.82, 2.24) is 4.90 Å². The van der Waals surface area contributed by atoms with Crippen LogP contribution < -0.4 is 0 Å². The lowest BCUT2D eigenvalue weighted by molar-refractivity contribution is 0.0704. The summed E-state index contributed by atoms with van der Waals surface area (Å²) in [7, 11) is 0. The standard InChI is InChI=1S/C13H20N2O/c14-6-2-1-3-7-15-8-10-11(9-15)13-5-4-12(10)16-13/h10-13H,1-5,7-9H2. The van der Waals surface area contributed by atoms with Crippen LogP contribution in [0.4, 0.5) is 0 Å². The third-order valence-corrected chi connectivity index (χ3v) is 4.54. The van der Waals surface area contributed by atoms with Crippen molar-refractivity contribution >= 4 is 0 Å². The summed E-state index contributed by atoms with van der Waals surface area (Å²) in [5.74, 6) is 1.66. The zero-order valence-corrected chi connectivity index (χ0v) is 9.77. The van der Waals surface area contributed by atoms with Crippen LogP contribution in [0, 0.1) is 23.2 Å². The zero-order valence-electron chi connectivity index (χ0n) is 9.77. The zero-order chi connectivity index (χ0) is 11.0. The molecule has 0 aromatic rings. The van der Waals surface area contributed by atoms with Crippen molar-refractivity contribution in [2.24, 2.45) is 11.8 Å². The van der Waals surface area contributed by atoms with Gasteiger partial charge in [-0.1, -0.05) is 0 Å². The van der Waals surface area contributed by atoms with E-state index < -0.39 is 0 Å². The minimum Gasteiger partial charge on any atom is -0.374 e. The molecule has 3 heteroatoms. The van der Waals surface area contributed by atoms with Gasteiger partial charge in [-0.2, -0.15) is 5.26 Å². The van der Waals surface area contributed by atoms with Gasteiger partial charge in [0.1, 0.15) is 0 Å². The van der Waals surface area contributed by atoms with Crippen molar-refractivity contribution in [1.29, 1.82) is 5.26 Å². The van der Waals surface area contributed by atoms with Crippen LogP contribution >= 0.6 is 0 Å². The molecular formula is C13H20N2O. The molecule has 0 radical (unpaired) electrons. The van der Waals surface area contributed by atoms with E-state index in [4.69, 9.17) is 10.00 Å². The van der Waals surface area contributed by atoms with Gasteiger partial charge in [-0.15, -0.1) is 0 Å². The van der Waals surface area contributed by atoms with E-state index in [9.17, 15) is 0 Å². The molecule has 3 aliphatic rings. The minimum atomic E-state index is 0.583. The second-order valence-corrected chi connectivity index (χ2v) is 5.49. The van der Waals surface area contributed by atoms with E-state index in [0.717, 1.165) is 24.7 Å². The Morgan fingerprint density at radius 1 is 1.12 bits per heavy atom. The maximum Gasteiger partial charge on any atom is 0.0624 e. The maximum absolute atomic E-state index is 8.49. The summed E-state index contributed by atoms with van der Waals surface area (Å²) >= 11 is 0. The highest BCUT2D eigenvalue weighted by Crippen LogP contribution is 2.47. The van der Waals surface area contributed by atoms with Gasteiger partial charge in [-0.3, -0.25) is 0 Å². The molecule has 3 fully saturated rings. The monoisotopic (exact) mass is 220 g/mol. The molecule has 0 spiro atoms. The minimum absolute atomic E-state index is 0.583. The van der Waals surface area contributed by atoms with Crippen LogP contribution in [0.15, 0.2) is 0 Å². The maximum atomic E-state index is 8.49. The third-order valence-electron chi connectivity index (χ3n) is 4.54. The van der Waals surface area contributed by atoms with Crippen LogP contribution in [-0.4, -0.2) is 36.7 Å². The Morgan fingerprint density at radius 3 is 2.44 bits per heavy atom. The molecule has 0 N–H and O–H groups in total. The van der Waals surface area contributed by atoms with Gasteiger partial charge in [0.05, 0.1) is 18.3 Å². The Hall–Kier alpha value is -0.590. The molecule has 0 saturated carbocycles. The number of nitrogens with zero attached hydrogens (tertiary/aromatic N) is 2. The first kappa shape index (κ1) is 10.6. The summed E-state index contributed by atoms with van der Waals surface area (Å²) in [5, 5.41) is 8.49. The molecule has 16 heavy (non-hydrogen) atoms. The second kappa shape index (κ2) is 4.35. The number of hydrogen-bond acceptors (Lipinski definition) is 3. The number of hydrogen-bond donors (Lipinski definition) is 0. The average molecular weight is 220 g/mol. The van der Waals surface area contributed by atoms with Gasteiger partial charge < -0.3 is 9.64 Å². The second-order valence-electron chi connectivity index (χ2n) is 5.49. The van der Waals surface area contributed by atoms with Crippen molar-refractivity contribution in [3.63, 3.8) is 0 Å². The number of rotatable bonds is 4. The molecule has 0 aromatic carbocycles. The van der Waals surface area contributed by atoms with E-state index >= 15 is 0 Å². The van der Waals surface area contributed by atoms with Crippen molar-refractivity contribution < 1.29 is 4.74 Å². The first-order valence-electron chi connectivity index (χ1n) is 6.63. The Morgan fingerprint density at radius 2 is 1.81 bits per heavy atom. The molecule has 3 aliphatic heterocycles. The van der Waals surface area contributed by atoms with Gasteiger partial charge in [-0.25, -0.2) is 0 Å². The summed E-state index contributed by atoms with van der Waals surface area (Å²) in [4.78, 5) is 2.60. The molecule has 0 aliphatic carbocycles. The fourth-order valence-electron chi connectivity index (χ4n) is 3.77. The number of fused-ring (bicyclic) bond motifs is 5. The lowest BCUT2D eigenvalue weighted by Gasteiger charge is -2.18. The molecule has 3 heterocycles. The molecule has 0 aromatic heterocycles. The molecule has 3 nitrogen and oxygen atoms in total. The van der Waals surface area contributed by atoms with Gasteiger partial charge in [-0.05, 0) is 32.2 Å². The summed E-state index contributed by atoms with van der Waals surface area (Å²) in [6.07, 6.45) is 6.73. The highest BCUT2D eigenvalue weighted by molar-refractivity contribution is 5.02. The van der Waals surface area contributed by atoms with Crippen LogP contribution in [0.25, 0.3) is 0 Å². The molecule has 4 unspecified atom stereocenters. The Kier molecular flexibility index (Phi) is 2.87. The number of ether oxygens (including phenoxy) is 1. The van der Waals surface area contributed by atoms with Gasteiger partial charge in [0.25, 0.3) is 0 Å². The largest absolute Gasteiger partial charge is 0.374 e. The Balaban J connectivity index is 1.46. The molecule has 3 saturated heterocycles. The SMILES string of the molecule is N#CCCCCN1CC2C3CCC(O3)C2C1. The van der Waals surface area contributed by atoms with Crippen LogP contribution in [0.2, 0.25) is 0 Å². The summed E-state index contributed by atoms with van der Waals surface area (Å²) in [6.45, 7) is 3.69. The summed E-state index contributed by atoms with van der Waals surface area (Å²) in [5.41, 5.74) is 0. The van der Waals surface area contributed by atoms with Crippen LogP contribution in [-0.2, 0) is 4.74 Å². The van der Waals surface area contributed by atoms with Crippen molar-refractivity contribution in [3.8, 4) is 6.07 Å². The quantitative estimate of drug-likeness (QED) is 0.678. The predicted molar refractivity (Wildman–Crippen MR) is 60.8 cm³/mol. The van der Waals surface area contributed by atoms with Crippen molar-refractivity contribution in [2.45, 2.75) is 44.3 Å². The van der Waals surface area contributed by atoms with Gasteiger partial charge >= 0.3 is 0 Å². The van der Waals surface area contributed by atoms with Crippen LogP contribution in [0.3, 0.4) is 0 Å². The van der Waals surface area contributed by atoms with E-state index in [1.54, 1.807) is 0 Å². The number of nitriles is 1. The van der Waals surface area contributed by atoms with Gasteiger partial charge in [0, 0.05) is 31.3 Å². The van der Waals surface area contributed by atoms with Crippen LogP contribution in [0.1, 0.15) is 32.1 Å². The Bertz CT molecular complexity index is 281. The lowest BCUT2D eigenvalue weighted by Crippen LogP contribution is -2.25. The molecule has 4 atom stereocenters. The fourth-order valence-corrected chi connectivity index (χ4v) is 3.77. The molecule has 2 bridgehead atoms. The highest BCUT2D eigenvalue weighted by Gasteiger charge is 2.52. The first-order chi connectivity index (χ1) is 7.88. The highest BCUT2D eigenvalue weighted by atomic mass is 16.5. The van der Waals surface area contributed by atoms with Crippen LogP contribution in [0.5, 0.6) is 0 Å². The molecular weight excluding hydrogens is 200 g/mol. The average Bonchev–Trinajstić information content (AvgIpc) is 2.95. The number of unbranched alkanes of at least 4 members (excludes halogenated alkanes) is 2. The lowest BCUT2D eigenvalue weighted by atomic mass is 9.82. The summed E-state index contributed by atoms with van der Waals surface area (Å²) < 4.78 is 5.96. The topological polar surface area (TPSA) is 36.3 Å². The normalized spacial score (nSPS) is 41.2. The first-order valence-corrected chi connectivity index (χ1v) is 6.63. The number of likely N-dealkylation sites (tertiary alicyclic amines) is 1. The van der Waals surface area contributed by atoms with E-state index in [0.29, 0.717) is 12.2 Å². The van der Waals surface area contributed by atoms with Gasteiger partial charge in [0.2, 0.25) is 0 Å². The third kappa shape index (κ3) is 1.74. The molecule has 0 amide bonds. The van der Waals surface area contributed by atoms with Crippen molar-refractivity contribution in [3.05, 3.63) is 0 Å². The van der Waals surface area contributed by atoms with E-state index in [2.05, 4.69) is 11.0 Å². The van der Waals surface area contributed by atoms with E-state index in [-0.39, 0.29) is 0 Å². The van der Waals surface area contributed by atoms with Gasteiger partial charge in [0.15, 0.2) is 0 Å². The fraction of sp³-hybridized carbons (Fsp3) is 0.923. The van der Waals surface area contributed by atoms with Crippen molar-refractivity contribution in [2.75, 3.05) is 19.6 Å². The predicted octanol–water partition coefficient (Wildman–Crippen LogP) is 1.79.